The number of carbonyl (C=O) groups is 1. The van der Waals surface area contributed by atoms with E-state index in [0.717, 1.165) is 30.2 Å². The summed E-state index contributed by atoms with van der Waals surface area (Å²) in [6.45, 7) is 12.5. The van der Waals surface area contributed by atoms with Crippen LogP contribution in [0.2, 0.25) is 0 Å². The van der Waals surface area contributed by atoms with Crippen LogP contribution in [0.4, 0.5) is 11.4 Å². The third-order valence-corrected chi connectivity index (χ3v) is 4.13. The first-order chi connectivity index (χ1) is 11.3. The number of benzene rings is 1. The third kappa shape index (κ3) is 3.96. The summed E-state index contributed by atoms with van der Waals surface area (Å²) in [4.78, 5) is 14.8. The molecule has 1 aromatic heterocycles. The summed E-state index contributed by atoms with van der Waals surface area (Å²) < 4.78 is 1.64. The highest BCUT2D eigenvalue weighted by atomic mass is 16.2. The van der Waals surface area contributed by atoms with Gasteiger partial charge in [0.25, 0.3) is 5.91 Å². The Hall–Kier alpha value is -2.30. The van der Waals surface area contributed by atoms with Crippen molar-refractivity contribution in [1.29, 1.82) is 0 Å². The van der Waals surface area contributed by atoms with Crippen LogP contribution in [0.15, 0.2) is 30.3 Å². The average Bonchev–Trinajstić information content (AvgIpc) is 2.92. The lowest BCUT2D eigenvalue weighted by Gasteiger charge is -2.21. The monoisotopic (exact) mass is 328 g/mol. The normalized spacial score (nSPS) is 11.4. The van der Waals surface area contributed by atoms with E-state index in [0.29, 0.717) is 5.69 Å². The first kappa shape index (κ1) is 18.0. The van der Waals surface area contributed by atoms with Gasteiger partial charge in [0.05, 0.1) is 5.69 Å². The Morgan fingerprint density at radius 2 is 1.75 bits per heavy atom. The minimum absolute atomic E-state index is 0.0816. The number of amides is 1. The summed E-state index contributed by atoms with van der Waals surface area (Å²) >= 11 is 0. The van der Waals surface area contributed by atoms with Crippen LogP contribution in [0.3, 0.4) is 0 Å². The van der Waals surface area contributed by atoms with E-state index in [-0.39, 0.29) is 11.3 Å². The number of carbonyl (C=O) groups excluding carboxylic acids is 1. The van der Waals surface area contributed by atoms with Crippen LogP contribution >= 0.6 is 0 Å². The van der Waals surface area contributed by atoms with Gasteiger partial charge in [-0.05, 0) is 44.2 Å². The standard InChI is InChI=1S/C19H28N4O/c1-7-23(8-2)15-11-9-14(10-12-15)20-18(24)16-13-17(19(3,4)5)21-22(16)6/h9-13H,7-8H2,1-6H3,(H,20,24). The van der Waals surface area contributed by atoms with Crippen LogP contribution in [0.25, 0.3) is 0 Å². The lowest BCUT2D eigenvalue weighted by molar-refractivity contribution is 0.101. The number of hydrogen-bond donors (Lipinski definition) is 1. The summed E-state index contributed by atoms with van der Waals surface area (Å²) in [6.07, 6.45) is 0. The zero-order valence-corrected chi connectivity index (χ0v) is 15.6. The predicted molar refractivity (Wildman–Crippen MR) is 99.9 cm³/mol. The molecule has 1 amide bonds. The van der Waals surface area contributed by atoms with Gasteiger partial charge in [0, 0.05) is 36.9 Å². The van der Waals surface area contributed by atoms with Crippen LogP contribution < -0.4 is 10.2 Å². The highest BCUT2D eigenvalue weighted by Crippen LogP contribution is 2.22. The molecule has 0 radical (unpaired) electrons. The van der Waals surface area contributed by atoms with E-state index in [4.69, 9.17) is 0 Å². The molecule has 2 rings (SSSR count). The molecule has 1 N–H and O–H groups in total. The predicted octanol–water partition coefficient (Wildman–Crippen LogP) is 3.82. The molecule has 0 aliphatic rings. The van der Waals surface area contributed by atoms with Gasteiger partial charge >= 0.3 is 0 Å². The molecule has 0 saturated heterocycles. The number of anilines is 2. The van der Waals surface area contributed by atoms with Crippen molar-refractivity contribution in [3.8, 4) is 0 Å². The van der Waals surface area contributed by atoms with Crippen LogP contribution in [-0.4, -0.2) is 28.8 Å². The van der Waals surface area contributed by atoms with Gasteiger partial charge in [-0.2, -0.15) is 5.10 Å². The van der Waals surface area contributed by atoms with E-state index in [1.807, 2.05) is 30.3 Å². The van der Waals surface area contributed by atoms with Gasteiger partial charge in [0.2, 0.25) is 0 Å². The van der Waals surface area contributed by atoms with Crippen molar-refractivity contribution in [1.82, 2.24) is 9.78 Å². The highest BCUT2D eigenvalue weighted by molar-refractivity contribution is 6.03. The average molecular weight is 328 g/mol. The fourth-order valence-electron chi connectivity index (χ4n) is 2.59. The summed E-state index contributed by atoms with van der Waals surface area (Å²) in [6, 6.07) is 9.80. The van der Waals surface area contributed by atoms with Gasteiger partial charge in [0.15, 0.2) is 0 Å². The number of nitrogens with one attached hydrogen (secondary N) is 1. The molecule has 0 atom stereocenters. The number of aromatic nitrogens is 2. The van der Waals surface area contributed by atoms with E-state index in [2.05, 4.69) is 49.9 Å². The summed E-state index contributed by atoms with van der Waals surface area (Å²) in [5, 5.41) is 7.40. The molecule has 1 heterocycles. The highest BCUT2D eigenvalue weighted by Gasteiger charge is 2.21. The molecule has 0 fully saturated rings. The lowest BCUT2D eigenvalue weighted by Crippen LogP contribution is -2.21. The zero-order valence-electron chi connectivity index (χ0n) is 15.6. The maximum Gasteiger partial charge on any atom is 0.273 e. The Morgan fingerprint density at radius 1 is 1.17 bits per heavy atom. The number of rotatable bonds is 5. The number of hydrogen-bond acceptors (Lipinski definition) is 3. The topological polar surface area (TPSA) is 50.2 Å². The van der Waals surface area contributed by atoms with Gasteiger partial charge in [-0.25, -0.2) is 0 Å². The Balaban J connectivity index is 2.14. The first-order valence-electron chi connectivity index (χ1n) is 8.47. The van der Waals surface area contributed by atoms with Crippen molar-refractivity contribution < 1.29 is 4.79 Å². The Bertz CT molecular complexity index is 691. The molecule has 130 valence electrons. The summed E-state index contributed by atoms with van der Waals surface area (Å²) in [5.74, 6) is -0.143. The van der Waals surface area contributed by atoms with Crippen molar-refractivity contribution in [2.45, 2.75) is 40.0 Å². The van der Waals surface area contributed by atoms with Crippen LogP contribution in [0.5, 0.6) is 0 Å². The molecule has 0 bridgehead atoms. The second-order valence-electron chi connectivity index (χ2n) is 6.96. The molecule has 0 aliphatic heterocycles. The van der Waals surface area contributed by atoms with Crippen LogP contribution in [-0.2, 0) is 12.5 Å². The van der Waals surface area contributed by atoms with E-state index < -0.39 is 0 Å². The van der Waals surface area contributed by atoms with Gasteiger partial charge in [-0.3, -0.25) is 9.48 Å². The zero-order chi connectivity index (χ0) is 17.9. The number of aryl methyl sites for hydroxylation is 1. The van der Waals surface area contributed by atoms with Gasteiger partial charge < -0.3 is 10.2 Å². The van der Waals surface area contributed by atoms with Gasteiger partial charge in [0.1, 0.15) is 5.69 Å². The van der Waals surface area contributed by atoms with E-state index in [9.17, 15) is 4.79 Å². The molecule has 5 heteroatoms. The summed E-state index contributed by atoms with van der Waals surface area (Å²) in [7, 11) is 1.80. The second kappa shape index (κ2) is 7.07. The Morgan fingerprint density at radius 3 is 2.21 bits per heavy atom. The number of nitrogens with zero attached hydrogens (tertiary/aromatic N) is 3. The molecule has 1 aromatic carbocycles. The SMILES string of the molecule is CCN(CC)c1ccc(NC(=O)c2cc(C(C)(C)C)nn2C)cc1. The summed E-state index contributed by atoms with van der Waals surface area (Å²) in [5.41, 5.74) is 3.34. The van der Waals surface area contributed by atoms with Crippen molar-refractivity contribution >= 4 is 17.3 Å². The maximum atomic E-state index is 12.5. The first-order valence-corrected chi connectivity index (χ1v) is 8.47. The van der Waals surface area contributed by atoms with Crippen LogP contribution in [0, 0.1) is 0 Å². The molecular formula is C19H28N4O. The van der Waals surface area contributed by atoms with Crippen LogP contribution in [0.1, 0.15) is 50.8 Å². The minimum atomic E-state index is -0.143. The van der Waals surface area contributed by atoms with Crippen molar-refractivity contribution in [3.05, 3.63) is 41.7 Å². The molecule has 0 spiro atoms. The van der Waals surface area contributed by atoms with E-state index in [1.165, 1.54) is 0 Å². The fraction of sp³-hybridized carbons (Fsp3) is 0.474. The molecule has 5 nitrogen and oxygen atoms in total. The van der Waals surface area contributed by atoms with E-state index >= 15 is 0 Å². The van der Waals surface area contributed by atoms with Gasteiger partial charge in [-0.15, -0.1) is 0 Å². The molecule has 0 saturated carbocycles. The maximum absolute atomic E-state index is 12.5. The molecular weight excluding hydrogens is 300 g/mol. The molecule has 0 unspecified atom stereocenters. The quantitative estimate of drug-likeness (QED) is 0.908. The molecule has 24 heavy (non-hydrogen) atoms. The van der Waals surface area contributed by atoms with E-state index in [1.54, 1.807) is 11.7 Å². The van der Waals surface area contributed by atoms with Crippen molar-refractivity contribution in [2.75, 3.05) is 23.3 Å². The molecule has 0 aliphatic carbocycles. The van der Waals surface area contributed by atoms with Crippen molar-refractivity contribution in [2.24, 2.45) is 7.05 Å². The fourth-order valence-corrected chi connectivity index (χ4v) is 2.59. The second-order valence-corrected chi connectivity index (χ2v) is 6.96. The minimum Gasteiger partial charge on any atom is -0.372 e. The molecule has 2 aromatic rings. The third-order valence-electron chi connectivity index (χ3n) is 4.13. The van der Waals surface area contributed by atoms with Crippen molar-refractivity contribution in [3.63, 3.8) is 0 Å². The largest absolute Gasteiger partial charge is 0.372 e. The lowest BCUT2D eigenvalue weighted by atomic mass is 9.92. The Kier molecular flexibility index (Phi) is 5.32. The smallest absolute Gasteiger partial charge is 0.273 e. The Labute approximate surface area is 144 Å². The van der Waals surface area contributed by atoms with Gasteiger partial charge in [-0.1, -0.05) is 20.8 Å².